The smallest absolute Gasteiger partial charge is 0.229 e. The van der Waals surface area contributed by atoms with Gasteiger partial charge in [0.15, 0.2) is 11.6 Å². The van der Waals surface area contributed by atoms with Crippen LogP contribution in [0.1, 0.15) is 5.56 Å². The Morgan fingerprint density at radius 1 is 1.00 bits per heavy atom. The molecule has 6 heteroatoms. The van der Waals surface area contributed by atoms with Gasteiger partial charge in [0.2, 0.25) is 5.91 Å². The number of anilines is 3. The molecule has 0 fully saturated rings. The van der Waals surface area contributed by atoms with Crippen molar-refractivity contribution in [2.75, 3.05) is 17.3 Å². The van der Waals surface area contributed by atoms with E-state index in [9.17, 15) is 4.79 Å². The fourth-order valence-electron chi connectivity index (χ4n) is 2.33. The van der Waals surface area contributed by atoms with Gasteiger partial charge in [-0.05, 0) is 42.0 Å². The van der Waals surface area contributed by atoms with E-state index in [0.29, 0.717) is 16.7 Å². The highest BCUT2D eigenvalue weighted by atomic mass is 35.5. The van der Waals surface area contributed by atoms with E-state index in [1.807, 2.05) is 60.5 Å². The van der Waals surface area contributed by atoms with Gasteiger partial charge < -0.3 is 10.2 Å². The molecule has 0 saturated carbocycles. The van der Waals surface area contributed by atoms with Crippen LogP contribution in [0.15, 0.2) is 66.7 Å². The molecule has 0 atom stereocenters. The summed E-state index contributed by atoms with van der Waals surface area (Å²) in [6.07, 6.45) is 0.254. The number of carbonyl (C=O) groups is 1. The summed E-state index contributed by atoms with van der Waals surface area (Å²) in [6.45, 7) is 0. The van der Waals surface area contributed by atoms with Crippen LogP contribution in [0.3, 0.4) is 0 Å². The van der Waals surface area contributed by atoms with Gasteiger partial charge >= 0.3 is 0 Å². The molecule has 126 valence electrons. The van der Waals surface area contributed by atoms with Gasteiger partial charge in [-0.25, -0.2) is 0 Å². The number of halogens is 1. The summed E-state index contributed by atoms with van der Waals surface area (Å²) in [5.41, 5.74) is 1.90. The van der Waals surface area contributed by atoms with Crippen LogP contribution < -0.4 is 10.2 Å². The van der Waals surface area contributed by atoms with Gasteiger partial charge in [-0.3, -0.25) is 4.79 Å². The van der Waals surface area contributed by atoms with Crippen LogP contribution in [-0.2, 0) is 11.2 Å². The van der Waals surface area contributed by atoms with Gasteiger partial charge in [0.1, 0.15) is 0 Å². The van der Waals surface area contributed by atoms with Crippen LogP contribution in [0.25, 0.3) is 0 Å². The molecular formula is C19H17ClN4O. The van der Waals surface area contributed by atoms with Crippen molar-refractivity contribution in [1.82, 2.24) is 10.2 Å². The number of hydrogen-bond acceptors (Lipinski definition) is 4. The predicted octanol–water partition coefficient (Wildman–Crippen LogP) is 4.08. The zero-order valence-electron chi connectivity index (χ0n) is 13.7. The Hall–Kier alpha value is -2.92. The van der Waals surface area contributed by atoms with Crippen molar-refractivity contribution >= 4 is 34.8 Å². The molecule has 25 heavy (non-hydrogen) atoms. The first kappa shape index (κ1) is 16.9. The molecule has 5 nitrogen and oxygen atoms in total. The third kappa shape index (κ3) is 4.55. The van der Waals surface area contributed by atoms with Crippen LogP contribution in [0.4, 0.5) is 17.3 Å². The van der Waals surface area contributed by atoms with Crippen LogP contribution in [0.2, 0.25) is 5.02 Å². The number of rotatable bonds is 5. The second-order valence-electron chi connectivity index (χ2n) is 5.52. The number of benzene rings is 2. The summed E-state index contributed by atoms with van der Waals surface area (Å²) >= 11 is 5.84. The van der Waals surface area contributed by atoms with E-state index in [4.69, 9.17) is 11.6 Å². The Labute approximate surface area is 151 Å². The zero-order chi connectivity index (χ0) is 17.6. The molecule has 0 saturated heterocycles. The Balaban J connectivity index is 1.62. The number of aromatic nitrogens is 2. The van der Waals surface area contributed by atoms with Crippen molar-refractivity contribution in [2.24, 2.45) is 0 Å². The van der Waals surface area contributed by atoms with Gasteiger partial charge in [0, 0.05) is 17.8 Å². The summed E-state index contributed by atoms with van der Waals surface area (Å²) in [5.74, 6) is 0.965. The Morgan fingerprint density at radius 3 is 2.36 bits per heavy atom. The van der Waals surface area contributed by atoms with Crippen molar-refractivity contribution < 1.29 is 4.79 Å². The van der Waals surface area contributed by atoms with Gasteiger partial charge in [-0.2, -0.15) is 0 Å². The Kier molecular flexibility index (Phi) is 5.26. The van der Waals surface area contributed by atoms with Crippen molar-refractivity contribution in [3.63, 3.8) is 0 Å². The maximum Gasteiger partial charge on any atom is 0.229 e. The highest BCUT2D eigenvalue weighted by Gasteiger charge is 2.08. The number of para-hydroxylation sites is 1. The predicted molar refractivity (Wildman–Crippen MR) is 100 cm³/mol. The molecule has 1 aromatic heterocycles. The molecule has 1 heterocycles. The zero-order valence-corrected chi connectivity index (χ0v) is 14.4. The first-order chi connectivity index (χ1) is 12.1. The van der Waals surface area contributed by atoms with Gasteiger partial charge in [0.05, 0.1) is 6.42 Å². The lowest BCUT2D eigenvalue weighted by atomic mass is 10.1. The van der Waals surface area contributed by atoms with E-state index >= 15 is 0 Å². The fraction of sp³-hybridized carbons (Fsp3) is 0.105. The van der Waals surface area contributed by atoms with Gasteiger partial charge in [-0.1, -0.05) is 41.9 Å². The third-order valence-electron chi connectivity index (χ3n) is 3.68. The molecule has 0 radical (unpaired) electrons. The SMILES string of the molecule is CN(c1ccccc1)c1ccc(NC(=O)Cc2ccc(Cl)cc2)nn1. The first-order valence-corrected chi connectivity index (χ1v) is 8.16. The summed E-state index contributed by atoms with van der Waals surface area (Å²) in [6, 6.07) is 20.6. The Morgan fingerprint density at radius 2 is 1.72 bits per heavy atom. The second kappa shape index (κ2) is 7.77. The largest absolute Gasteiger partial charge is 0.328 e. The van der Waals surface area contributed by atoms with E-state index in [-0.39, 0.29) is 12.3 Å². The number of carbonyl (C=O) groups excluding carboxylic acids is 1. The molecule has 3 rings (SSSR count). The van der Waals surface area contributed by atoms with Crippen LogP contribution in [0.5, 0.6) is 0 Å². The molecule has 0 bridgehead atoms. The summed E-state index contributed by atoms with van der Waals surface area (Å²) in [5, 5.41) is 11.6. The molecule has 1 amide bonds. The molecular weight excluding hydrogens is 336 g/mol. The fourth-order valence-corrected chi connectivity index (χ4v) is 2.46. The normalized spacial score (nSPS) is 10.3. The Bertz CT molecular complexity index is 836. The highest BCUT2D eigenvalue weighted by molar-refractivity contribution is 6.30. The van der Waals surface area contributed by atoms with Gasteiger partial charge in [-0.15, -0.1) is 10.2 Å². The molecule has 1 N–H and O–H groups in total. The topological polar surface area (TPSA) is 58.1 Å². The van der Waals surface area contributed by atoms with Crippen molar-refractivity contribution in [3.8, 4) is 0 Å². The monoisotopic (exact) mass is 352 g/mol. The van der Waals surface area contributed by atoms with E-state index in [1.54, 1.807) is 18.2 Å². The lowest BCUT2D eigenvalue weighted by Crippen LogP contribution is -2.17. The van der Waals surface area contributed by atoms with E-state index in [0.717, 1.165) is 11.3 Å². The third-order valence-corrected chi connectivity index (χ3v) is 3.94. The van der Waals surface area contributed by atoms with Crippen molar-refractivity contribution in [3.05, 3.63) is 77.3 Å². The summed E-state index contributed by atoms with van der Waals surface area (Å²) < 4.78 is 0. The average Bonchev–Trinajstić information content (AvgIpc) is 2.64. The quantitative estimate of drug-likeness (QED) is 0.751. The minimum atomic E-state index is -0.152. The number of hydrogen-bond donors (Lipinski definition) is 1. The number of nitrogens with one attached hydrogen (secondary N) is 1. The summed E-state index contributed by atoms with van der Waals surface area (Å²) in [7, 11) is 1.91. The first-order valence-electron chi connectivity index (χ1n) is 7.78. The molecule has 0 spiro atoms. The molecule has 0 aliphatic heterocycles. The van der Waals surface area contributed by atoms with Crippen molar-refractivity contribution in [2.45, 2.75) is 6.42 Å². The lowest BCUT2D eigenvalue weighted by Gasteiger charge is -2.17. The average molecular weight is 353 g/mol. The van der Waals surface area contributed by atoms with Crippen LogP contribution >= 0.6 is 11.6 Å². The minimum absolute atomic E-state index is 0.152. The summed E-state index contributed by atoms with van der Waals surface area (Å²) in [4.78, 5) is 14.0. The maximum atomic E-state index is 12.1. The number of amides is 1. The van der Waals surface area contributed by atoms with Crippen LogP contribution in [0, 0.1) is 0 Å². The number of nitrogens with zero attached hydrogens (tertiary/aromatic N) is 3. The molecule has 3 aromatic rings. The molecule has 0 aliphatic carbocycles. The molecule has 0 aliphatic rings. The van der Waals surface area contributed by atoms with Crippen molar-refractivity contribution in [1.29, 1.82) is 0 Å². The lowest BCUT2D eigenvalue weighted by molar-refractivity contribution is -0.115. The molecule has 2 aromatic carbocycles. The standard InChI is InChI=1S/C19H17ClN4O/c1-24(16-5-3-2-4-6-16)18-12-11-17(22-23-18)21-19(25)13-14-7-9-15(20)10-8-14/h2-12H,13H2,1H3,(H,21,22,25). The van der Waals surface area contributed by atoms with E-state index < -0.39 is 0 Å². The van der Waals surface area contributed by atoms with Crippen LogP contribution in [-0.4, -0.2) is 23.2 Å². The van der Waals surface area contributed by atoms with Gasteiger partial charge in [0.25, 0.3) is 0 Å². The van der Waals surface area contributed by atoms with E-state index in [2.05, 4.69) is 15.5 Å². The second-order valence-corrected chi connectivity index (χ2v) is 5.96. The maximum absolute atomic E-state index is 12.1. The molecule has 0 unspecified atom stereocenters. The highest BCUT2D eigenvalue weighted by Crippen LogP contribution is 2.21. The van der Waals surface area contributed by atoms with E-state index in [1.165, 1.54) is 0 Å². The minimum Gasteiger partial charge on any atom is -0.328 e.